The highest BCUT2D eigenvalue weighted by molar-refractivity contribution is 5.93. The van der Waals surface area contributed by atoms with E-state index in [1.165, 1.54) is 0 Å². The Morgan fingerprint density at radius 3 is 2.33 bits per heavy atom. The van der Waals surface area contributed by atoms with Crippen LogP contribution in [0.1, 0.15) is 29.0 Å². The maximum absolute atomic E-state index is 12.3. The smallest absolute Gasteiger partial charge is 0.270 e. The van der Waals surface area contributed by atoms with Crippen molar-refractivity contribution in [1.29, 1.82) is 0 Å². The number of aromatic nitrogens is 1. The number of primary amides is 1. The molecule has 0 aromatic carbocycles. The number of piperidine rings is 1. The van der Waals surface area contributed by atoms with Crippen LogP contribution in [0.15, 0.2) is 12.1 Å². The van der Waals surface area contributed by atoms with Gasteiger partial charge in [-0.05, 0) is 31.9 Å². The minimum atomic E-state index is -0.253. The molecule has 1 aliphatic heterocycles. The molecule has 2 heterocycles. The van der Waals surface area contributed by atoms with Gasteiger partial charge >= 0.3 is 0 Å². The number of hydrogen-bond donors (Lipinski definition) is 1. The third-order valence-electron chi connectivity index (χ3n) is 3.78. The number of rotatable bonds is 2. The lowest BCUT2D eigenvalue weighted by Crippen LogP contribution is -2.42. The molecule has 0 atom stereocenters. The highest BCUT2D eigenvalue weighted by Crippen LogP contribution is 2.19. The van der Waals surface area contributed by atoms with Crippen LogP contribution in [-0.2, 0) is 11.8 Å². The average molecular weight is 249 g/mol. The van der Waals surface area contributed by atoms with Crippen molar-refractivity contribution in [3.05, 3.63) is 23.5 Å². The summed E-state index contributed by atoms with van der Waals surface area (Å²) in [6.45, 7) is 3.18. The van der Waals surface area contributed by atoms with Crippen LogP contribution in [0.5, 0.6) is 0 Å². The van der Waals surface area contributed by atoms with Crippen molar-refractivity contribution < 1.29 is 9.59 Å². The van der Waals surface area contributed by atoms with Gasteiger partial charge in [-0.25, -0.2) is 0 Å². The van der Waals surface area contributed by atoms with E-state index in [0.29, 0.717) is 31.6 Å². The molecule has 0 aliphatic carbocycles. The summed E-state index contributed by atoms with van der Waals surface area (Å²) in [6.07, 6.45) is 1.34. The fourth-order valence-corrected chi connectivity index (χ4v) is 2.36. The van der Waals surface area contributed by atoms with Crippen LogP contribution in [-0.4, -0.2) is 34.4 Å². The van der Waals surface area contributed by atoms with Crippen molar-refractivity contribution in [2.24, 2.45) is 18.7 Å². The molecular weight excluding hydrogens is 230 g/mol. The number of carbonyl (C=O) groups excluding carboxylic acids is 2. The van der Waals surface area contributed by atoms with Crippen molar-refractivity contribution in [3.63, 3.8) is 0 Å². The van der Waals surface area contributed by atoms with Crippen molar-refractivity contribution in [2.75, 3.05) is 13.1 Å². The highest BCUT2D eigenvalue weighted by atomic mass is 16.2. The van der Waals surface area contributed by atoms with Crippen LogP contribution < -0.4 is 5.73 Å². The van der Waals surface area contributed by atoms with E-state index in [9.17, 15) is 9.59 Å². The minimum Gasteiger partial charge on any atom is -0.369 e. The van der Waals surface area contributed by atoms with Gasteiger partial charge in [0.1, 0.15) is 5.69 Å². The lowest BCUT2D eigenvalue weighted by Gasteiger charge is -2.30. The molecule has 98 valence electrons. The number of nitrogens with two attached hydrogens (primary N) is 1. The highest BCUT2D eigenvalue weighted by Gasteiger charge is 2.27. The van der Waals surface area contributed by atoms with Crippen LogP contribution in [0.4, 0.5) is 0 Å². The number of aryl methyl sites for hydroxylation is 1. The average Bonchev–Trinajstić information content (AvgIpc) is 2.69. The lowest BCUT2D eigenvalue weighted by atomic mass is 9.96. The van der Waals surface area contributed by atoms with Gasteiger partial charge in [-0.3, -0.25) is 9.59 Å². The number of nitrogens with zero attached hydrogens (tertiary/aromatic N) is 2. The Bertz CT molecular complexity index is 471. The van der Waals surface area contributed by atoms with Crippen molar-refractivity contribution >= 4 is 11.8 Å². The first-order valence-corrected chi connectivity index (χ1v) is 6.21. The van der Waals surface area contributed by atoms with Gasteiger partial charge in [-0.2, -0.15) is 0 Å². The van der Waals surface area contributed by atoms with Gasteiger partial charge in [0, 0.05) is 31.7 Å². The molecule has 1 fully saturated rings. The lowest BCUT2D eigenvalue weighted by molar-refractivity contribution is -0.123. The van der Waals surface area contributed by atoms with Gasteiger partial charge in [0.25, 0.3) is 5.91 Å². The molecule has 2 amide bonds. The summed E-state index contributed by atoms with van der Waals surface area (Å²) in [4.78, 5) is 25.2. The molecule has 0 spiro atoms. The molecule has 5 heteroatoms. The van der Waals surface area contributed by atoms with Gasteiger partial charge in [-0.15, -0.1) is 0 Å². The molecule has 1 aliphatic rings. The molecule has 0 bridgehead atoms. The zero-order valence-corrected chi connectivity index (χ0v) is 10.8. The first-order valence-electron chi connectivity index (χ1n) is 6.21. The molecule has 5 nitrogen and oxygen atoms in total. The van der Waals surface area contributed by atoms with E-state index in [4.69, 9.17) is 5.73 Å². The number of likely N-dealkylation sites (tertiary alicyclic amines) is 1. The monoisotopic (exact) mass is 249 g/mol. The molecule has 2 rings (SSSR count). The predicted octanol–water partition coefficient (Wildman–Crippen LogP) is 0.671. The standard InChI is InChI=1S/C13H19N3O2/c1-9-3-4-11(15(9)2)13(18)16-7-5-10(6-8-16)12(14)17/h3-4,10H,5-8H2,1-2H3,(H2,14,17). The van der Waals surface area contributed by atoms with Crippen LogP contribution in [0.3, 0.4) is 0 Å². The molecule has 1 saturated heterocycles. The molecule has 0 radical (unpaired) electrons. The van der Waals surface area contributed by atoms with Crippen molar-refractivity contribution in [2.45, 2.75) is 19.8 Å². The van der Waals surface area contributed by atoms with Gasteiger partial charge < -0.3 is 15.2 Å². The Morgan fingerprint density at radius 2 is 1.89 bits per heavy atom. The molecule has 0 unspecified atom stereocenters. The second kappa shape index (κ2) is 4.84. The summed E-state index contributed by atoms with van der Waals surface area (Å²) >= 11 is 0. The molecule has 1 aromatic heterocycles. The summed E-state index contributed by atoms with van der Waals surface area (Å²) in [5, 5.41) is 0. The fourth-order valence-electron chi connectivity index (χ4n) is 2.36. The molecular formula is C13H19N3O2. The van der Waals surface area contributed by atoms with E-state index in [0.717, 1.165) is 5.69 Å². The van der Waals surface area contributed by atoms with Crippen LogP contribution >= 0.6 is 0 Å². The predicted molar refractivity (Wildman–Crippen MR) is 68.0 cm³/mol. The molecule has 1 aromatic rings. The zero-order chi connectivity index (χ0) is 13.3. The van der Waals surface area contributed by atoms with Gasteiger partial charge in [-0.1, -0.05) is 0 Å². The van der Waals surface area contributed by atoms with Crippen LogP contribution in [0, 0.1) is 12.8 Å². The Morgan fingerprint density at radius 1 is 1.28 bits per heavy atom. The van der Waals surface area contributed by atoms with Gasteiger partial charge in [0.05, 0.1) is 0 Å². The second-order valence-corrected chi connectivity index (χ2v) is 4.89. The largest absolute Gasteiger partial charge is 0.369 e. The summed E-state index contributed by atoms with van der Waals surface area (Å²) in [5.74, 6) is -0.297. The van der Waals surface area contributed by atoms with E-state index in [2.05, 4.69) is 0 Å². The van der Waals surface area contributed by atoms with Gasteiger partial charge in [0.2, 0.25) is 5.91 Å². The number of amides is 2. The third-order valence-corrected chi connectivity index (χ3v) is 3.78. The van der Waals surface area contributed by atoms with E-state index < -0.39 is 0 Å². The Labute approximate surface area is 107 Å². The summed E-state index contributed by atoms with van der Waals surface area (Å²) in [7, 11) is 1.89. The quantitative estimate of drug-likeness (QED) is 0.837. The first kappa shape index (κ1) is 12.7. The SMILES string of the molecule is Cc1ccc(C(=O)N2CCC(C(N)=O)CC2)n1C. The maximum atomic E-state index is 12.3. The van der Waals surface area contributed by atoms with E-state index >= 15 is 0 Å². The Kier molecular flexibility index (Phi) is 3.41. The second-order valence-electron chi connectivity index (χ2n) is 4.89. The normalized spacial score (nSPS) is 16.9. The summed E-state index contributed by atoms with van der Waals surface area (Å²) in [5.41, 5.74) is 7.04. The van der Waals surface area contributed by atoms with E-state index in [1.54, 1.807) is 4.90 Å². The number of carbonyl (C=O) groups is 2. The molecule has 18 heavy (non-hydrogen) atoms. The number of hydrogen-bond acceptors (Lipinski definition) is 2. The zero-order valence-electron chi connectivity index (χ0n) is 10.8. The minimum absolute atomic E-state index is 0.0357. The topological polar surface area (TPSA) is 68.3 Å². The summed E-state index contributed by atoms with van der Waals surface area (Å²) in [6, 6.07) is 3.78. The first-order chi connectivity index (χ1) is 8.50. The van der Waals surface area contributed by atoms with E-state index in [-0.39, 0.29) is 17.7 Å². The van der Waals surface area contributed by atoms with Crippen LogP contribution in [0.25, 0.3) is 0 Å². The van der Waals surface area contributed by atoms with Crippen LogP contribution in [0.2, 0.25) is 0 Å². The Balaban J connectivity index is 2.04. The van der Waals surface area contributed by atoms with Gasteiger partial charge in [0.15, 0.2) is 0 Å². The van der Waals surface area contributed by atoms with Crippen molar-refractivity contribution in [1.82, 2.24) is 9.47 Å². The maximum Gasteiger partial charge on any atom is 0.270 e. The Hall–Kier alpha value is -1.78. The molecule has 0 saturated carbocycles. The van der Waals surface area contributed by atoms with E-state index in [1.807, 2.05) is 30.7 Å². The fraction of sp³-hybridized carbons (Fsp3) is 0.538. The third kappa shape index (κ3) is 2.25. The molecule has 2 N–H and O–H groups in total. The van der Waals surface area contributed by atoms with Crippen molar-refractivity contribution in [3.8, 4) is 0 Å². The summed E-state index contributed by atoms with van der Waals surface area (Å²) < 4.78 is 1.89.